The van der Waals surface area contributed by atoms with Crippen LogP contribution in [0.5, 0.6) is 23.0 Å². The fourth-order valence-electron chi connectivity index (χ4n) is 3.17. The van der Waals surface area contributed by atoms with Gasteiger partial charge in [-0.1, -0.05) is 36.4 Å². The molecule has 0 unspecified atom stereocenters. The number of carbonyl (C=O) groups excluding carboxylic acids is 1. The van der Waals surface area contributed by atoms with E-state index in [0.29, 0.717) is 22.9 Å². The van der Waals surface area contributed by atoms with Gasteiger partial charge in [0, 0.05) is 11.8 Å². The van der Waals surface area contributed by atoms with Crippen LogP contribution < -0.4 is 24.3 Å². The second-order valence-corrected chi connectivity index (χ2v) is 7.01. The molecule has 0 saturated heterocycles. The molecule has 3 aromatic rings. The third-order valence-electron chi connectivity index (χ3n) is 4.85. The first-order valence-corrected chi connectivity index (χ1v) is 10.3. The minimum atomic E-state index is -0.210. The molecule has 1 amide bonds. The third-order valence-corrected chi connectivity index (χ3v) is 4.85. The van der Waals surface area contributed by atoms with E-state index in [-0.39, 0.29) is 5.91 Å². The molecule has 3 aromatic carbocycles. The van der Waals surface area contributed by atoms with Crippen LogP contribution in [0.2, 0.25) is 0 Å². The highest BCUT2D eigenvalue weighted by atomic mass is 16.5. The number of hydrogen-bond acceptors (Lipinski definition) is 5. The summed E-state index contributed by atoms with van der Waals surface area (Å²) in [6.07, 6.45) is 7.16. The third kappa shape index (κ3) is 6.40. The normalized spacial score (nSPS) is 10.9. The van der Waals surface area contributed by atoms with Crippen molar-refractivity contribution in [1.29, 1.82) is 0 Å². The molecule has 0 aliphatic rings. The molecule has 170 valence electrons. The molecule has 0 spiro atoms. The van der Waals surface area contributed by atoms with Gasteiger partial charge in [-0.15, -0.1) is 0 Å². The number of carbonyl (C=O) groups is 1. The van der Waals surface area contributed by atoms with Crippen molar-refractivity contribution in [2.75, 3.05) is 33.8 Å². The topological polar surface area (TPSA) is 66.0 Å². The number of nitrogens with one attached hydrogen (secondary N) is 1. The van der Waals surface area contributed by atoms with Crippen LogP contribution in [0.15, 0.2) is 66.7 Å². The van der Waals surface area contributed by atoms with Gasteiger partial charge in [-0.05, 0) is 59.2 Å². The summed E-state index contributed by atoms with van der Waals surface area (Å²) >= 11 is 0. The van der Waals surface area contributed by atoms with Crippen molar-refractivity contribution in [3.63, 3.8) is 0 Å². The van der Waals surface area contributed by atoms with E-state index in [1.807, 2.05) is 72.8 Å². The van der Waals surface area contributed by atoms with E-state index < -0.39 is 0 Å². The summed E-state index contributed by atoms with van der Waals surface area (Å²) in [5, 5.41) is 2.86. The minimum Gasteiger partial charge on any atom is -0.497 e. The molecule has 0 fully saturated rings. The van der Waals surface area contributed by atoms with Crippen molar-refractivity contribution in [2.24, 2.45) is 0 Å². The predicted molar refractivity (Wildman–Crippen MR) is 132 cm³/mol. The van der Waals surface area contributed by atoms with Crippen molar-refractivity contribution >= 4 is 29.8 Å². The second kappa shape index (κ2) is 11.4. The maximum Gasteiger partial charge on any atom is 0.248 e. The van der Waals surface area contributed by atoms with Crippen molar-refractivity contribution in [1.82, 2.24) is 0 Å². The Kier molecular flexibility index (Phi) is 8.13. The maximum absolute atomic E-state index is 12.2. The number of rotatable bonds is 9. The van der Waals surface area contributed by atoms with Crippen LogP contribution in [0.1, 0.15) is 16.7 Å². The molecule has 0 atom stereocenters. The molecule has 6 nitrogen and oxygen atoms in total. The van der Waals surface area contributed by atoms with Gasteiger partial charge < -0.3 is 24.3 Å². The number of benzene rings is 3. The van der Waals surface area contributed by atoms with E-state index in [0.717, 1.165) is 22.4 Å². The lowest BCUT2D eigenvalue weighted by atomic mass is 10.1. The summed E-state index contributed by atoms with van der Waals surface area (Å²) < 4.78 is 21.3. The smallest absolute Gasteiger partial charge is 0.248 e. The van der Waals surface area contributed by atoms with Gasteiger partial charge in [0.2, 0.25) is 11.7 Å². The quantitative estimate of drug-likeness (QED) is 0.346. The van der Waals surface area contributed by atoms with E-state index >= 15 is 0 Å². The lowest BCUT2D eigenvalue weighted by Gasteiger charge is -2.12. The maximum atomic E-state index is 12.2. The average Bonchev–Trinajstić information content (AvgIpc) is 2.86. The molecule has 0 aliphatic carbocycles. The molecule has 0 saturated carbocycles. The Hall–Kier alpha value is -4.19. The van der Waals surface area contributed by atoms with Crippen molar-refractivity contribution in [3.05, 3.63) is 83.4 Å². The van der Waals surface area contributed by atoms with Crippen LogP contribution in [0, 0.1) is 0 Å². The summed E-state index contributed by atoms with van der Waals surface area (Å²) in [7, 11) is 6.36. The van der Waals surface area contributed by atoms with Gasteiger partial charge in [0.05, 0.1) is 28.4 Å². The Bertz CT molecular complexity index is 1120. The highest BCUT2D eigenvalue weighted by molar-refractivity contribution is 6.02. The first-order chi connectivity index (χ1) is 16.1. The number of ether oxygens (including phenoxy) is 4. The summed E-state index contributed by atoms with van der Waals surface area (Å²) in [5.74, 6) is 2.28. The standard InChI is InChI=1S/C27H27NO5/c1-30-23-7-5-6-20(16-23)12-15-26(29)28-22-13-10-19(11-14-22)8-9-21-17-24(31-2)27(33-4)25(18-21)32-3/h5-18H,1-4H3,(H,28,29)/b9-8?,15-12+. The van der Waals surface area contributed by atoms with Crippen LogP contribution in [0.25, 0.3) is 18.2 Å². The Balaban J connectivity index is 1.65. The van der Waals surface area contributed by atoms with Crippen molar-refractivity contribution in [3.8, 4) is 23.0 Å². The zero-order chi connectivity index (χ0) is 23.6. The predicted octanol–water partition coefficient (Wildman–Crippen LogP) is 5.54. The van der Waals surface area contributed by atoms with Crippen molar-refractivity contribution < 1.29 is 23.7 Å². The lowest BCUT2D eigenvalue weighted by Crippen LogP contribution is -2.07. The molecule has 0 heterocycles. The van der Waals surface area contributed by atoms with Crippen molar-refractivity contribution in [2.45, 2.75) is 0 Å². The van der Waals surface area contributed by atoms with Gasteiger partial charge in [0.1, 0.15) is 5.75 Å². The minimum absolute atomic E-state index is 0.210. The van der Waals surface area contributed by atoms with Crippen LogP contribution in [-0.2, 0) is 4.79 Å². The first kappa shape index (κ1) is 23.5. The molecule has 0 bridgehead atoms. The van der Waals surface area contributed by atoms with Gasteiger partial charge in [0.25, 0.3) is 0 Å². The van der Waals surface area contributed by atoms with Crippen LogP contribution in [0.3, 0.4) is 0 Å². The number of amides is 1. The van der Waals surface area contributed by atoms with Gasteiger partial charge in [-0.2, -0.15) is 0 Å². The van der Waals surface area contributed by atoms with E-state index in [1.54, 1.807) is 34.5 Å². The first-order valence-electron chi connectivity index (χ1n) is 10.3. The molecule has 6 heteroatoms. The Morgan fingerprint density at radius 3 is 1.97 bits per heavy atom. The van der Waals surface area contributed by atoms with Gasteiger partial charge in [-0.25, -0.2) is 0 Å². The largest absolute Gasteiger partial charge is 0.497 e. The van der Waals surface area contributed by atoms with Gasteiger partial charge in [0.15, 0.2) is 11.5 Å². The fourth-order valence-corrected chi connectivity index (χ4v) is 3.17. The fraction of sp³-hybridized carbons (Fsp3) is 0.148. The molecular formula is C27H27NO5. The summed E-state index contributed by atoms with van der Waals surface area (Å²) in [6, 6.07) is 18.8. The summed E-state index contributed by atoms with van der Waals surface area (Å²) in [5.41, 5.74) is 3.48. The second-order valence-electron chi connectivity index (χ2n) is 7.01. The number of anilines is 1. The number of hydrogen-bond donors (Lipinski definition) is 1. The monoisotopic (exact) mass is 445 g/mol. The highest BCUT2D eigenvalue weighted by Crippen LogP contribution is 2.38. The highest BCUT2D eigenvalue weighted by Gasteiger charge is 2.11. The molecule has 3 rings (SSSR count). The molecule has 1 N–H and O–H groups in total. The molecule has 0 aliphatic heterocycles. The van der Waals surface area contributed by atoms with Gasteiger partial charge in [-0.3, -0.25) is 4.79 Å². The zero-order valence-corrected chi connectivity index (χ0v) is 19.1. The Morgan fingerprint density at radius 1 is 0.697 bits per heavy atom. The summed E-state index contributed by atoms with van der Waals surface area (Å²) in [6.45, 7) is 0. The average molecular weight is 446 g/mol. The van der Waals surface area contributed by atoms with Crippen LogP contribution in [0.4, 0.5) is 5.69 Å². The van der Waals surface area contributed by atoms with E-state index in [1.165, 1.54) is 6.08 Å². The lowest BCUT2D eigenvalue weighted by molar-refractivity contribution is -0.111. The van der Waals surface area contributed by atoms with Gasteiger partial charge >= 0.3 is 0 Å². The van der Waals surface area contributed by atoms with E-state index in [4.69, 9.17) is 18.9 Å². The molecule has 0 radical (unpaired) electrons. The molecule has 33 heavy (non-hydrogen) atoms. The van der Waals surface area contributed by atoms with Crippen LogP contribution in [-0.4, -0.2) is 34.3 Å². The van der Waals surface area contributed by atoms with E-state index in [2.05, 4.69) is 5.32 Å². The Morgan fingerprint density at radius 2 is 1.36 bits per heavy atom. The van der Waals surface area contributed by atoms with Crippen LogP contribution >= 0.6 is 0 Å². The number of methoxy groups -OCH3 is 4. The SMILES string of the molecule is COc1cccc(/C=C/C(=O)Nc2ccc(C=Cc3cc(OC)c(OC)c(OC)c3)cc2)c1. The Labute approximate surface area is 194 Å². The molecule has 0 aromatic heterocycles. The zero-order valence-electron chi connectivity index (χ0n) is 19.1. The summed E-state index contributed by atoms with van der Waals surface area (Å²) in [4.78, 5) is 12.2. The molecular weight excluding hydrogens is 418 g/mol. The van der Waals surface area contributed by atoms with E-state index in [9.17, 15) is 4.79 Å².